The minimum Gasteiger partial charge on any atom is -0.378 e. The molecule has 1 aliphatic heterocycles. The molecule has 2 atom stereocenters. The van der Waals surface area contributed by atoms with Crippen LogP contribution in [0, 0.1) is 11.3 Å². The van der Waals surface area contributed by atoms with Crippen LogP contribution in [-0.2, 0) is 4.74 Å². The normalized spacial score (nSPS) is 26.0. The third kappa shape index (κ3) is 4.52. The second-order valence-electron chi connectivity index (χ2n) is 6.76. The Labute approximate surface area is 113 Å². The quantitative estimate of drug-likeness (QED) is 0.793. The Balaban J connectivity index is 2.59. The average molecular weight is 256 g/mol. The lowest BCUT2D eigenvalue weighted by Gasteiger charge is -2.41. The van der Waals surface area contributed by atoms with Gasteiger partial charge >= 0.3 is 0 Å². The molecule has 2 unspecified atom stereocenters. The van der Waals surface area contributed by atoms with E-state index in [0.29, 0.717) is 18.1 Å². The maximum Gasteiger partial charge on any atom is 0.0612 e. The van der Waals surface area contributed by atoms with Crippen molar-refractivity contribution in [2.75, 3.05) is 26.2 Å². The number of nitrogens with zero attached hydrogens (tertiary/aromatic N) is 1. The van der Waals surface area contributed by atoms with Crippen LogP contribution in [0.3, 0.4) is 0 Å². The van der Waals surface area contributed by atoms with Crippen LogP contribution in [0.4, 0.5) is 0 Å². The number of rotatable bonds is 6. The summed E-state index contributed by atoms with van der Waals surface area (Å²) in [6.07, 6.45) is 2.77. The van der Waals surface area contributed by atoms with E-state index >= 15 is 0 Å². The molecule has 2 N–H and O–H groups in total. The SMILES string of the molecule is CCN(CC(C)(C)CN)C1CCOC(C(C)C)C1. The van der Waals surface area contributed by atoms with Crippen LogP contribution in [0.15, 0.2) is 0 Å². The molecule has 0 aromatic carbocycles. The first-order chi connectivity index (χ1) is 8.39. The zero-order valence-corrected chi connectivity index (χ0v) is 12.9. The van der Waals surface area contributed by atoms with Crippen molar-refractivity contribution in [3.05, 3.63) is 0 Å². The minimum atomic E-state index is 0.210. The zero-order chi connectivity index (χ0) is 13.8. The van der Waals surface area contributed by atoms with Crippen LogP contribution in [-0.4, -0.2) is 43.3 Å². The molecule has 0 amide bonds. The molecule has 1 fully saturated rings. The molecular weight excluding hydrogens is 224 g/mol. The fraction of sp³-hybridized carbons (Fsp3) is 1.00. The van der Waals surface area contributed by atoms with Gasteiger partial charge in [0, 0.05) is 19.2 Å². The van der Waals surface area contributed by atoms with Crippen molar-refractivity contribution in [1.29, 1.82) is 0 Å². The lowest BCUT2D eigenvalue weighted by Crippen LogP contribution is -2.48. The van der Waals surface area contributed by atoms with E-state index in [0.717, 1.165) is 32.7 Å². The van der Waals surface area contributed by atoms with Crippen molar-refractivity contribution >= 4 is 0 Å². The minimum absolute atomic E-state index is 0.210. The van der Waals surface area contributed by atoms with Gasteiger partial charge in [-0.3, -0.25) is 4.90 Å². The Morgan fingerprint density at radius 3 is 2.56 bits per heavy atom. The summed E-state index contributed by atoms with van der Waals surface area (Å²) in [5, 5.41) is 0. The van der Waals surface area contributed by atoms with Gasteiger partial charge in [0.05, 0.1) is 6.10 Å². The summed E-state index contributed by atoms with van der Waals surface area (Å²) in [6.45, 7) is 15.2. The standard InChI is InChI=1S/C15H32N2O/c1-6-17(11-15(4,5)10-16)13-7-8-18-14(9-13)12(2)3/h12-14H,6-11,16H2,1-5H3. The highest BCUT2D eigenvalue weighted by atomic mass is 16.5. The topological polar surface area (TPSA) is 38.5 Å². The Kier molecular flexibility index (Phi) is 6.09. The first kappa shape index (κ1) is 15.9. The van der Waals surface area contributed by atoms with E-state index in [1.54, 1.807) is 0 Å². The van der Waals surface area contributed by atoms with Crippen LogP contribution in [0.1, 0.15) is 47.5 Å². The van der Waals surface area contributed by atoms with Gasteiger partial charge in [-0.05, 0) is 37.3 Å². The molecule has 0 spiro atoms. The molecule has 1 rings (SSSR count). The van der Waals surface area contributed by atoms with Crippen molar-refractivity contribution in [3.63, 3.8) is 0 Å². The third-order valence-corrected chi connectivity index (χ3v) is 4.14. The summed E-state index contributed by atoms with van der Waals surface area (Å²) in [4.78, 5) is 2.60. The fourth-order valence-corrected chi connectivity index (χ4v) is 2.72. The third-order valence-electron chi connectivity index (χ3n) is 4.14. The summed E-state index contributed by atoms with van der Waals surface area (Å²) in [7, 11) is 0. The van der Waals surface area contributed by atoms with Crippen molar-refractivity contribution in [3.8, 4) is 0 Å². The number of nitrogens with two attached hydrogens (primary N) is 1. The van der Waals surface area contributed by atoms with Crippen molar-refractivity contribution < 1.29 is 4.74 Å². The van der Waals surface area contributed by atoms with Crippen LogP contribution in [0.5, 0.6) is 0 Å². The van der Waals surface area contributed by atoms with E-state index in [-0.39, 0.29) is 5.41 Å². The monoisotopic (exact) mass is 256 g/mol. The predicted octanol–water partition coefficient (Wildman–Crippen LogP) is 2.50. The van der Waals surface area contributed by atoms with E-state index in [4.69, 9.17) is 10.5 Å². The number of ether oxygens (including phenoxy) is 1. The lowest BCUT2D eigenvalue weighted by molar-refractivity contribution is -0.0523. The van der Waals surface area contributed by atoms with Crippen LogP contribution < -0.4 is 5.73 Å². The largest absolute Gasteiger partial charge is 0.378 e. The van der Waals surface area contributed by atoms with Crippen molar-refractivity contribution in [2.45, 2.75) is 59.6 Å². The maximum absolute atomic E-state index is 5.87. The van der Waals surface area contributed by atoms with Gasteiger partial charge in [0.2, 0.25) is 0 Å². The molecule has 0 aromatic rings. The Morgan fingerprint density at radius 2 is 2.06 bits per heavy atom. The van der Waals surface area contributed by atoms with Crippen LogP contribution >= 0.6 is 0 Å². The molecule has 0 aromatic heterocycles. The Morgan fingerprint density at radius 1 is 1.39 bits per heavy atom. The van der Waals surface area contributed by atoms with Gasteiger partial charge in [-0.25, -0.2) is 0 Å². The summed E-state index contributed by atoms with van der Waals surface area (Å²) < 4.78 is 5.87. The summed E-state index contributed by atoms with van der Waals surface area (Å²) in [5.41, 5.74) is 6.07. The number of hydrogen-bond acceptors (Lipinski definition) is 3. The molecule has 0 bridgehead atoms. The highest BCUT2D eigenvalue weighted by molar-refractivity contribution is 4.84. The second kappa shape index (κ2) is 6.88. The second-order valence-corrected chi connectivity index (χ2v) is 6.76. The molecule has 18 heavy (non-hydrogen) atoms. The van der Waals surface area contributed by atoms with Gasteiger partial charge in [0.15, 0.2) is 0 Å². The molecule has 0 radical (unpaired) electrons. The highest BCUT2D eigenvalue weighted by Gasteiger charge is 2.30. The van der Waals surface area contributed by atoms with Gasteiger partial charge in [-0.2, -0.15) is 0 Å². The van der Waals surface area contributed by atoms with Crippen molar-refractivity contribution in [1.82, 2.24) is 4.90 Å². The van der Waals surface area contributed by atoms with Gasteiger partial charge < -0.3 is 10.5 Å². The summed E-state index contributed by atoms with van der Waals surface area (Å²) in [5.74, 6) is 0.619. The average Bonchev–Trinajstić information content (AvgIpc) is 2.36. The van der Waals surface area contributed by atoms with Gasteiger partial charge in [0.1, 0.15) is 0 Å². The van der Waals surface area contributed by atoms with Gasteiger partial charge in [-0.15, -0.1) is 0 Å². The van der Waals surface area contributed by atoms with E-state index in [1.165, 1.54) is 6.42 Å². The predicted molar refractivity (Wildman–Crippen MR) is 77.7 cm³/mol. The first-order valence-electron chi connectivity index (χ1n) is 7.45. The lowest BCUT2D eigenvalue weighted by atomic mass is 9.89. The highest BCUT2D eigenvalue weighted by Crippen LogP contribution is 2.26. The molecule has 3 nitrogen and oxygen atoms in total. The molecule has 108 valence electrons. The first-order valence-corrected chi connectivity index (χ1v) is 7.45. The van der Waals surface area contributed by atoms with E-state index < -0.39 is 0 Å². The molecule has 1 aliphatic rings. The molecule has 1 saturated heterocycles. The van der Waals surface area contributed by atoms with Crippen molar-refractivity contribution in [2.24, 2.45) is 17.1 Å². The Hall–Kier alpha value is -0.120. The molecule has 0 saturated carbocycles. The van der Waals surface area contributed by atoms with Gasteiger partial charge in [-0.1, -0.05) is 34.6 Å². The van der Waals surface area contributed by atoms with E-state index in [9.17, 15) is 0 Å². The fourth-order valence-electron chi connectivity index (χ4n) is 2.72. The molecule has 1 heterocycles. The molecular formula is C15H32N2O. The zero-order valence-electron chi connectivity index (χ0n) is 12.9. The smallest absolute Gasteiger partial charge is 0.0612 e. The van der Waals surface area contributed by atoms with Gasteiger partial charge in [0.25, 0.3) is 0 Å². The molecule has 3 heteroatoms. The number of hydrogen-bond donors (Lipinski definition) is 1. The maximum atomic E-state index is 5.87. The molecule has 0 aliphatic carbocycles. The summed E-state index contributed by atoms with van der Waals surface area (Å²) in [6, 6.07) is 0.668. The van der Waals surface area contributed by atoms with Crippen LogP contribution in [0.2, 0.25) is 0 Å². The van der Waals surface area contributed by atoms with E-state index in [1.807, 2.05) is 0 Å². The van der Waals surface area contributed by atoms with Crippen LogP contribution in [0.25, 0.3) is 0 Å². The Bertz CT molecular complexity index is 241. The van der Waals surface area contributed by atoms with E-state index in [2.05, 4.69) is 39.5 Å². The summed E-state index contributed by atoms with van der Waals surface area (Å²) >= 11 is 0.